The van der Waals surface area contributed by atoms with Gasteiger partial charge in [0.2, 0.25) is 0 Å². The highest BCUT2D eigenvalue weighted by atomic mass is 32.2. The normalized spacial score (nSPS) is 20.5. The van der Waals surface area contributed by atoms with Crippen LogP contribution < -0.4 is 10.6 Å². The highest BCUT2D eigenvalue weighted by Crippen LogP contribution is 2.12. The zero-order valence-corrected chi connectivity index (χ0v) is 11.7. The zero-order valence-electron chi connectivity index (χ0n) is 10.9. The number of nitrogens with one attached hydrogen (secondary N) is 2. The van der Waals surface area contributed by atoms with Gasteiger partial charge in [0.25, 0.3) is 0 Å². The predicted molar refractivity (Wildman–Crippen MR) is 69.7 cm³/mol. The van der Waals surface area contributed by atoms with Gasteiger partial charge in [0.1, 0.15) is 15.9 Å². The third kappa shape index (κ3) is 5.46. The zero-order chi connectivity index (χ0) is 14.5. The molecule has 0 aliphatic carbocycles. The molecule has 1 rings (SSSR count). The lowest BCUT2D eigenvalue weighted by molar-refractivity contribution is -0.139. The molecule has 0 aromatic carbocycles. The Morgan fingerprint density at radius 3 is 2.37 bits per heavy atom. The van der Waals surface area contributed by atoms with E-state index in [0.717, 1.165) is 0 Å². The minimum absolute atomic E-state index is 0.0647. The first kappa shape index (κ1) is 15.7. The lowest BCUT2D eigenvalue weighted by atomic mass is 10.1. The molecule has 3 N–H and O–H groups in total. The number of carboxylic acid groups (broad SMARTS) is 1. The van der Waals surface area contributed by atoms with Crippen molar-refractivity contribution in [3.63, 3.8) is 0 Å². The van der Waals surface area contributed by atoms with Crippen LogP contribution in [0.4, 0.5) is 4.79 Å². The standard InChI is InChI=1S/C11H20N2O5S/c1-2-3-9(10(14)15)13-11(16)12-8-4-6-19(17,18)7-5-8/h8-9H,2-7H2,1H3,(H,14,15)(H2,12,13,16)/t9-/m1/s1. The fraction of sp³-hybridized carbons (Fsp3) is 0.818. The fourth-order valence-electron chi connectivity index (χ4n) is 1.97. The van der Waals surface area contributed by atoms with Gasteiger partial charge in [-0.1, -0.05) is 13.3 Å². The predicted octanol–water partition coefficient (Wildman–Crippen LogP) is 0.116. The summed E-state index contributed by atoms with van der Waals surface area (Å²) < 4.78 is 22.5. The lowest BCUT2D eigenvalue weighted by Gasteiger charge is -2.24. The number of carboxylic acids is 1. The van der Waals surface area contributed by atoms with Crippen LogP contribution in [0.5, 0.6) is 0 Å². The number of hydrogen-bond acceptors (Lipinski definition) is 4. The number of carbonyl (C=O) groups is 2. The van der Waals surface area contributed by atoms with Gasteiger partial charge in [-0.3, -0.25) is 0 Å². The van der Waals surface area contributed by atoms with Crippen LogP contribution in [0, 0.1) is 0 Å². The quantitative estimate of drug-likeness (QED) is 0.666. The molecular weight excluding hydrogens is 272 g/mol. The Hall–Kier alpha value is -1.31. The van der Waals surface area contributed by atoms with Crippen molar-refractivity contribution in [3.05, 3.63) is 0 Å². The molecule has 1 aliphatic rings. The Labute approximate surface area is 112 Å². The molecule has 1 saturated heterocycles. The van der Waals surface area contributed by atoms with E-state index in [1.807, 2.05) is 6.92 Å². The molecule has 1 atom stereocenters. The number of amides is 2. The molecule has 0 spiro atoms. The van der Waals surface area contributed by atoms with Crippen LogP contribution in [-0.2, 0) is 14.6 Å². The van der Waals surface area contributed by atoms with Gasteiger partial charge in [-0.25, -0.2) is 18.0 Å². The van der Waals surface area contributed by atoms with Crippen molar-refractivity contribution in [2.75, 3.05) is 11.5 Å². The molecule has 0 unspecified atom stereocenters. The Morgan fingerprint density at radius 1 is 1.32 bits per heavy atom. The van der Waals surface area contributed by atoms with E-state index in [9.17, 15) is 18.0 Å². The van der Waals surface area contributed by atoms with E-state index < -0.39 is 27.9 Å². The minimum atomic E-state index is -2.96. The van der Waals surface area contributed by atoms with Gasteiger partial charge in [-0.15, -0.1) is 0 Å². The van der Waals surface area contributed by atoms with Gasteiger partial charge in [0, 0.05) is 6.04 Å². The molecule has 0 radical (unpaired) electrons. The van der Waals surface area contributed by atoms with Crippen LogP contribution in [0.2, 0.25) is 0 Å². The second kappa shape index (κ2) is 6.74. The fourth-order valence-corrected chi connectivity index (χ4v) is 3.46. The van der Waals surface area contributed by atoms with E-state index in [-0.39, 0.29) is 17.5 Å². The molecule has 110 valence electrons. The van der Waals surface area contributed by atoms with E-state index >= 15 is 0 Å². The summed E-state index contributed by atoms with van der Waals surface area (Å²) in [5, 5.41) is 13.9. The molecule has 1 heterocycles. The molecule has 19 heavy (non-hydrogen) atoms. The largest absolute Gasteiger partial charge is 0.480 e. The molecular formula is C11H20N2O5S. The molecule has 0 aromatic heterocycles. The van der Waals surface area contributed by atoms with Crippen molar-refractivity contribution < 1.29 is 23.1 Å². The number of carbonyl (C=O) groups excluding carboxylic acids is 1. The first-order chi connectivity index (χ1) is 8.84. The molecule has 0 aromatic rings. The van der Waals surface area contributed by atoms with Crippen LogP contribution in [-0.4, -0.2) is 49.1 Å². The maximum Gasteiger partial charge on any atom is 0.326 e. The Balaban J connectivity index is 2.41. The Bertz CT molecular complexity index is 420. The molecule has 1 aliphatic heterocycles. The summed E-state index contributed by atoms with van der Waals surface area (Å²) in [6.07, 6.45) is 1.77. The van der Waals surface area contributed by atoms with Crippen LogP contribution in [0.1, 0.15) is 32.6 Å². The van der Waals surface area contributed by atoms with Crippen molar-refractivity contribution in [3.8, 4) is 0 Å². The third-order valence-corrected chi connectivity index (χ3v) is 4.79. The van der Waals surface area contributed by atoms with Crippen LogP contribution in [0.25, 0.3) is 0 Å². The highest BCUT2D eigenvalue weighted by molar-refractivity contribution is 7.91. The van der Waals surface area contributed by atoms with Gasteiger partial charge in [-0.05, 0) is 19.3 Å². The monoisotopic (exact) mass is 292 g/mol. The van der Waals surface area contributed by atoms with Crippen molar-refractivity contribution in [2.45, 2.75) is 44.7 Å². The van der Waals surface area contributed by atoms with E-state index in [0.29, 0.717) is 25.7 Å². The van der Waals surface area contributed by atoms with Gasteiger partial charge < -0.3 is 15.7 Å². The van der Waals surface area contributed by atoms with Crippen LogP contribution in [0.15, 0.2) is 0 Å². The first-order valence-electron chi connectivity index (χ1n) is 6.34. The van der Waals surface area contributed by atoms with Crippen molar-refractivity contribution in [1.82, 2.24) is 10.6 Å². The summed E-state index contributed by atoms with van der Waals surface area (Å²) in [6.45, 7) is 1.83. The van der Waals surface area contributed by atoms with E-state index in [4.69, 9.17) is 5.11 Å². The lowest BCUT2D eigenvalue weighted by Crippen LogP contribution is -2.50. The van der Waals surface area contributed by atoms with Crippen LogP contribution in [0.3, 0.4) is 0 Å². The number of urea groups is 1. The average Bonchev–Trinajstić information content (AvgIpc) is 2.31. The smallest absolute Gasteiger partial charge is 0.326 e. The van der Waals surface area contributed by atoms with Crippen molar-refractivity contribution >= 4 is 21.8 Å². The first-order valence-corrected chi connectivity index (χ1v) is 8.16. The number of aliphatic carboxylic acids is 1. The maximum absolute atomic E-state index is 11.6. The summed E-state index contributed by atoms with van der Waals surface area (Å²) in [5.74, 6) is -0.937. The summed E-state index contributed by atoms with van der Waals surface area (Å²) >= 11 is 0. The van der Waals surface area contributed by atoms with Gasteiger partial charge in [0.05, 0.1) is 11.5 Å². The van der Waals surface area contributed by atoms with E-state index in [1.165, 1.54) is 0 Å². The summed E-state index contributed by atoms with van der Waals surface area (Å²) in [7, 11) is -2.96. The maximum atomic E-state index is 11.6. The average molecular weight is 292 g/mol. The third-order valence-electron chi connectivity index (χ3n) is 3.07. The van der Waals surface area contributed by atoms with Gasteiger partial charge >= 0.3 is 12.0 Å². The summed E-state index contributed by atoms with van der Waals surface area (Å²) in [4.78, 5) is 22.5. The van der Waals surface area contributed by atoms with E-state index in [1.54, 1.807) is 0 Å². The van der Waals surface area contributed by atoms with Crippen molar-refractivity contribution in [2.24, 2.45) is 0 Å². The molecule has 2 amide bonds. The molecule has 0 saturated carbocycles. The SMILES string of the molecule is CCC[C@@H](NC(=O)NC1CCS(=O)(=O)CC1)C(=O)O. The molecule has 0 bridgehead atoms. The Morgan fingerprint density at radius 2 is 1.89 bits per heavy atom. The second-order valence-electron chi connectivity index (χ2n) is 4.72. The second-order valence-corrected chi connectivity index (χ2v) is 7.03. The highest BCUT2D eigenvalue weighted by Gasteiger charge is 2.26. The molecule has 7 nitrogen and oxygen atoms in total. The van der Waals surface area contributed by atoms with E-state index in [2.05, 4.69) is 10.6 Å². The van der Waals surface area contributed by atoms with Crippen LogP contribution >= 0.6 is 0 Å². The minimum Gasteiger partial charge on any atom is -0.480 e. The summed E-state index contributed by atoms with van der Waals surface area (Å²) in [5.41, 5.74) is 0. The number of sulfone groups is 1. The number of hydrogen-bond donors (Lipinski definition) is 3. The Kier molecular flexibility index (Phi) is 5.59. The topological polar surface area (TPSA) is 113 Å². The van der Waals surface area contributed by atoms with Gasteiger partial charge in [-0.2, -0.15) is 0 Å². The van der Waals surface area contributed by atoms with Gasteiger partial charge in [0.15, 0.2) is 0 Å². The number of rotatable bonds is 5. The molecule has 1 fully saturated rings. The van der Waals surface area contributed by atoms with Crippen molar-refractivity contribution in [1.29, 1.82) is 0 Å². The summed E-state index contributed by atoms with van der Waals surface area (Å²) in [6, 6.07) is -1.66. The molecule has 8 heteroatoms.